The molecule has 1 saturated carbocycles. The summed E-state index contributed by atoms with van der Waals surface area (Å²) in [5.41, 5.74) is -3.03. The van der Waals surface area contributed by atoms with Crippen LogP contribution in [-0.2, 0) is 30.2 Å². The van der Waals surface area contributed by atoms with E-state index in [0.29, 0.717) is 12.8 Å². The number of fused-ring (bicyclic) bond motifs is 2. The van der Waals surface area contributed by atoms with Gasteiger partial charge in [-0.2, -0.15) is 0 Å². The maximum Gasteiger partial charge on any atom is 0.514 e. The fourth-order valence-corrected chi connectivity index (χ4v) is 6.52. The molecule has 2 saturated heterocycles. The summed E-state index contributed by atoms with van der Waals surface area (Å²) in [7, 11) is 0. The number of amides is 1. The van der Waals surface area contributed by atoms with Gasteiger partial charge in [0, 0.05) is 17.9 Å². The van der Waals surface area contributed by atoms with Crippen LogP contribution in [0.25, 0.3) is 0 Å². The van der Waals surface area contributed by atoms with Crippen LogP contribution < -0.4 is 5.32 Å². The van der Waals surface area contributed by atoms with Gasteiger partial charge in [-0.1, -0.05) is 38.1 Å². The number of Topliss-reactive ketones (excluding diaryl/α,β-unsaturated/α-hetero) is 1. The highest BCUT2D eigenvalue weighted by Gasteiger charge is 2.78. The molecule has 5 rings (SSSR count). The predicted molar refractivity (Wildman–Crippen MR) is 131 cm³/mol. The third-order valence-electron chi connectivity index (χ3n) is 8.73. The molecule has 3 fully saturated rings. The highest BCUT2D eigenvalue weighted by molar-refractivity contribution is 5.92. The number of nitrogens with one attached hydrogen (secondary N) is 1. The summed E-state index contributed by atoms with van der Waals surface area (Å²) in [6.45, 7) is 7.06. The summed E-state index contributed by atoms with van der Waals surface area (Å²) >= 11 is 0. The second-order valence-corrected chi connectivity index (χ2v) is 11.2. The van der Waals surface area contributed by atoms with Gasteiger partial charge in [0.15, 0.2) is 5.78 Å². The number of epoxide rings is 1. The van der Waals surface area contributed by atoms with Crippen molar-refractivity contribution in [2.45, 2.75) is 69.5 Å². The largest absolute Gasteiger partial charge is 0.514 e. The Labute approximate surface area is 215 Å². The van der Waals surface area contributed by atoms with Gasteiger partial charge in [0.2, 0.25) is 5.60 Å². The smallest absolute Gasteiger partial charge is 0.508 e. The lowest BCUT2D eigenvalue weighted by molar-refractivity contribution is -0.153. The number of hydrogen-bond acceptors (Lipinski definition) is 8. The van der Waals surface area contributed by atoms with Gasteiger partial charge in [-0.15, -0.1) is 0 Å². The zero-order valence-electron chi connectivity index (χ0n) is 21.3. The highest BCUT2D eigenvalue weighted by Crippen LogP contribution is 2.63. The number of carbonyl (C=O) groups excluding carboxylic acids is 3. The van der Waals surface area contributed by atoms with Crippen molar-refractivity contribution in [3.8, 4) is 5.75 Å². The summed E-state index contributed by atoms with van der Waals surface area (Å²) < 4.78 is 17.3. The molecular formula is C28H33NO8. The van der Waals surface area contributed by atoms with E-state index in [1.165, 1.54) is 6.92 Å². The quantitative estimate of drug-likeness (QED) is 0.313. The summed E-state index contributed by atoms with van der Waals surface area (Å²) in [6, 6.07) is 6.41. The number of phenols is 1. The molecule has 1 aromatic carbocycles. The zero-order valence-corrected chi connectivity index (χ0v) is 21.3. The molecule has 1 spiro atoms. The van der Waals surface area contributed by atoms with E-state index < -0.39 is 52.4 Å². The molecule has 3 aliphatic heterocycles. The molecule has 0 aromatic heterocycles. The molecule has 3 N–H and O–H groups in total. The van der Waals surface area contributed by atoms with Crippen molar-refractivity contribution in [3.63, 3.8) is 0 Å². The minimum atomic E-state index is -1.83. The minimum absolute atomic E-state index is 0.148. The van der Waals surface area contributed by atoms with Crippen molar-refractivity contribution in [1.29, 1.82) is 0 Å². The van der Waals surface area contributed by atoms with Crippen molar-refractivity contribution in [1.82, 2.24) is 5.32 Å². The number of cyclic esters (lactones) is 1. The highest BCUT2D eigenvalue weighted by atomic mass is 16.7. The number of ketones is 1. The number of aliphatic hydroxyl groups is 1. The van der Waals surface area contributed by atoms with Crippen LogP contribution in [0, 0.1) is 23.7 Å². The normalized spacial score (nSPS) is 43.1. The summed E-state index contributed by atoms with van der Waals surface area (Å²) in [5.74, 6) is -2.42. The number of hydrogen-bond donors (Lipinski definition) is 3. The molecule has 9 atom stereocenters. The van der Waals surface area contributed by atoms with Crippen LogP contribution in [0.15, 0.2) is 48.8 Å². The summed E-state index contributed by atoms with van der Waals surface area (Å²) in [4.78, 5) is 39.5. The molecule has 0 unspecified atom stereocenters. The van der Waals surface area contributed by atoms with Crippen LogP contribution >= 0.6 is 0 Å². The Morgan fingerprint density at radius 3 is 2.51 bits per heavy atom. The second-order valence-electron chi connectivity index (χ2n) is 11.2. The zero-order chi connectivity index (χ0) is 26.8. The average molecular weight is 512 g/mol. The first-order chi connectivity index (χ1) is 17.4. The van der Waals surface area contributed by atoms with E-state index in [2.05, 4.69) is 5.32 Å². The third kappa shape index (κ3) is 4.05. The van der Waals surface area contributed by atoms with Gasteiger partial charge in [-0.05, 0) is 56.4 Å². The van der Waals surface area contributed by atoms with Crippen LogP contribution in [0.5, 0.6) is 5.75 Å². The topological polar surface area (TPSA) is 135 Å². The SMILES string of the molecule is C[C@H]1CC=C[C@H]2[C@@H]3O[C@]3(C)[C@@H](C)[C@H]3[C@H](Cc4ccc(O)cc4)NC(=O)[C@]32OC(=O)OC=C[C@@](C)(O)C1=O. The summed E-state index contributed by atoms with van der Waals surface area (Å²) in [5, 5.41) is 23.3. The number of ether oxygens (including phenoxy) is 3. The summed E-state index contributed by atoms with van der Waals surface area (Å²) in [6.07, 6.45) is 4.98. The molecule has 9 heteroatoms. The molecule has 198 valence electrons. The van der Waals surface area contributed by atoms with Gasteiger partial charge in [0.25, 0.3) is 5.91 Å². The van der Waals surface area contributed by atoms with Crippen molar-refractivity contribution in [3.05, 3.63) is 54.3 Å². The van der Waals surface area contributed by atoms with Crippen molar-refractivity contribution in [2.24, 2.45) is 23.7 Å². The van der Waals surface area contributed by atoms with Gasteiger partial charge in [0.1, 0.15) is 11.4 Å². The molecule has 3 heterocycles. The maximum atomic E-state index is 13.8. The van der Waals surface area contributed by atoms with Gasteiger partial charge < -0.3 is 29.7 Å². The molecule has 1 aromatic rings. The van der Waals surface area contributed by atoms with Crippen LogP contribution in [0.2, 0.25) is 0 Å². The van der Waals surface area contributed by atoms with Gasteiger partial charge in [-0.25, -0.2) is 4.79 Å². The van der Waals surface area contributed by atoms with E-state index in [4.69, 9.17) is 14.2 Å². The predicted octanol–water partition coefficient (Wildman–Crippen LogP) is 2.79. The lowest BCUT2D eigenvalue weighted by Crippen LogP contribution is -2.61. The molecule has 0 radical (unpaired) electrons. The number of rotatable bonds is 2. The van der Waals surface area contributed by atoms with Crippen molar-refractivity contribution < 1.29 is 38.8 Å². The van der Waals surface area contributed by atoms with Crippen LogP contribution in [-0.4, -0.2) is 57.0 Å². The molecule has 0 bridgehead atoms. The number of allylic oxidation sites excluding steroid dienone is 1. The first-order valence-electron chi connectivity index (χ1n) is 12.7. The molecule has 1 amide bonds. The van der Waals surface area contributed by atoms with E-state index in [1.54, 1.807) is 37.3 Å². The van der Waals surface area contributed by atoms with E-state index in [9.17, 15) is 24.6 Å². The number of phenolic OH excluding ortho intramolecular Hbond substituents is 1. The molecule has 4 aliphatic rings. The van der Waals surface area contributed by atoms with Crippen LogP contribution in [0.3, 0.4) is 0 Å². The first kappa shape index (κ1) is 25.5. The molecule has 1 aliphatic carbocycles. The minimum Gasteiger partial charge on any atom is -0.508 e. The number of benzene rings is 1. The van der Waals surface area contributed by atoms with Crippen LogP contribution in [0.1, 0.15) is 39.7 Å². The van der Waals surface area contributed by atoms with E-state index >= 15 is 0 Å². The van der Waals surface area contributed by atoms with E-state index in [-0.39, 0.29) is 23.8 Å². The standard InChI is InChI=1S/C28H33NO8/c1-15-6-5-7-19-23-27(4,36-23)16(2)21-20(14-17-8-10-18(30)11-9-17)29-24(32)28(19,21)37-25(33)35-13-12-26(3,34)22(15)31/h5,7-13,15-16,19-21,23,30,34H,6,14H2,1-4H3,(H,29,32)/t15-,16-,19-,20-,21-,23-,26+,27+,28+/m0/s1. The molecular weight excluding hydrogens is 478 g/mol. The first-order valence-corrected chi connectivity index (χ1v) is 12.7. The van der Waals surface area contributed by atoms with Gasteiger partial charge >= 0.3 is 6.16 Å². The van der Waals surface area contributed by atoms with Crippen molar-refractivity contribution in [2.75, 3.05) is 0 Å². The van der Waals surface area contributed by atoms with Gasteiger partial charge in [0.05, 0.1) is 23.9 Å². The van der Waals surface area contributed by atoms with E-state index in [1.807, 2.05) is 19.9 Å². The number of aromatic hydroxyl groups is 1. The fraction of sp³-hybridized carbons (Fsp3) is 0.536. The third-order valence-corrected chi connectivity index (χ3v) is 8.73. The fourth-order valence-electron chi connectivity index (χ4n) is 6.52. The average Bonchev–Trinajstić information content (AvgIpc) is 3.45. The van der Waals surface area contributed by atoms with Crippen molar-refractivity contribution >= 4 is 17.8 Å². The maximum absolute atomic E-state index is 13.8. The Bertz CT molecular complexity index is 1170. The Morgan fingerprint density at radius 2 is 1.81 bits per heavy atom. The second kappa shape index (κ2) is 8.70. The molecule has 9 nitrogen and oxygen atoms in total. The lowest BCUT2D eigenvalue weighted by Gasteiger charge is -2.45. The lowest BCUT2D eigenvalue weighted by atomic mass is 9.59. The Hall–Kier alpha value is -3.17. The van der Waals surface area contributed by atoms with Crippen LogP contribution in [0.4, 0.5) is 4.79 Å². The van der Waals surface area contributed by atoms with Gasteiger partial charge in [-0.3, -0.25) is 9.59 Å². The Balaban J connectivity index is 1.57. The monoisotopic (exact) mass is 511 g/mol. The number of carbonyl (C=O) groups is 3. The Kier molecular flexibility index (Phi) is 5.99. The Morgan fingerprint density at radius 1 is 1.11 bits per heavy atom. The van der Waals surface area contributed by atoms with E-state index in [0.717, 1.165) is 17.9 Å². The molecule has 37 heavy (non-hydrogen) atoms.